The van der Waals surface area contributed by atoms with Gasteiger partial charge in [-0.25, -0.2) is 0 Å². The van der Waals surface area contributed by atoms with Crippen LogP contribution in [0, 0.1) is 6.92 Å². The summed E-state index contributed by atoms with van der Waals surface area (Å²) in [6.07, 6.45) is 30.8. The summed E-state index contributed by atoms with van der Waals surface area (Å²) in [4.78, 5) is 12.0. The number of aromatic hydroxyl groups is 1. The van der Waals surface area contributed by atoms with Gasteiger partial charge in [0, 0.05) is 12.8 Å². The first-order chi connectivity index (χ1) is 17.6. The van der Waals surface area contributed by atoms with Crippen molar-refractivity contribution in [3.8, 4) is 11.5 Å². The number of furan rings is 1. The lowest BCUT2D eigenvalue weighted by molar-refractivity contribution is -0.134. The van der Waals surface area contributed by atoms with Gasteiger partial charge >= 0.3 is 5.97 Å². The van der Waals surface area contributed by atoms with Crippen LogP contribution in [0.4, 0.5) is 0 Å². The van der Waals surface area contributed by atoms with Crippen molar-refractivity contribution in [3.63, 3.8) is 0 Å². The molecule has 1 heterocycles. The van der Waals surface area contributed by atoms with E-state index in [4.69, 9.17) is 9.15 Å². The molecule has 0 spiro atoms. The Morgan fingerprint density at radius 3 is 1.33 bits per heavy atom. The minimum absolute atomic E-state index is 0.0302. The van der Waals surface area contributed by atoms with E-state index in [0.29, 0.717) is 24.4 Å². The van der Waals surface area contributed by atoms with Crippen molar-refractivity contribution in [2.24, 2.45) is 0 Å². The number of rotatable bonds is 25. The topological polar surface area (TPSA) is 59.7 Å². The Bertz CT molecular complexity index is 649. The summed E-state index contributed by atoms with van der Waals surface area (Å²) in [7, 11) is 0. The van der Waals surface area contributed by atoms with E-state index in [2.05, 4.69) is 6.92 Å². The number of aryl methyl sites for hydroxylation is 2. The molecule has 36 heavy (non-hydrogen) atoms. The van der Waals surface area contributed by atoms with Gasteiger partial charge in [0.2, 0.25) is 11.5 Å². The van der Waals surface area contributed by atoms with Gasteiger partial charge in [0.25, 0.3) is 0 Å². The largest absolute Gasteiger partial charge is 0.502 e. The standard InChI is InChI=1S/C32H58O4/c1-4-6-7-8-9-10-11-12-13-14-15-16-17-18-19-20-21-22-23-24-25-26-27-30(33)36-32-28(3)35-29(5-2)31(32)34/h34H,4-27H2,1-3H3. The molecule has 0 atom stereocenters. The van der Waals surface area contributed by atoms with Crippen molar-refractivity contribution >= 4 is 5.97 Å². The second-order valence-corrected chi connectivity index (χ2v) is 10.8. The summed E-state index contributed by atoms with van der Waals surface area (Å²) in [6, 6.07) is 0. The lowest BCUT2D eigenvalue weighted by Crippen LogP contribution is -2.07. The fourth-order valence-corrected chi connectivity index (χ4v) is 4.98. The first-order valence-corrected chi connectivity index (χ1v) is 15.6. The molecule has 1 aromatic heterocycles. The molecular weight excluding hydrogens is 448 g/mol. The number of hydrogen-bond acceptors (Lipinski definition) is 4. The van der Waals surface area contributed by atoms with E-state index >= 15 is 0 Å². The number of unbranched alkanes of at least 4 members (excludes halogenated alkanes) is 21. The van der Waals surface area contributed by atoms with E-state index in [9.17, 15) is 9.90 Å². The maximum Gasteiger partial charge on any atom is 0.311 e. The molecular formula is C32H58O4. The van der Waals surface area contributed by atoms with Crippen LogP contribution in [0.5, 0.6) is 11.5 Å². The van der Waals surface area contributed by atoms with E-state index in [1.165, 1.54) is 128 Å². The SMILES string of the molecule is CCCCCCCCCCCCCCCCCCCCCCCCC(=O)Oc1c(C)oc(CC)c1O. The van der Waals surface area contributed by atoms with Crippen LogP contribution in [0.25, 0.3) is 0 Å². The molecule has 0 amide bonds. The molecule has 0 aliphatic rings. The van der Waals surface area contributed by atoms with Gasteiger partial charge in [-0.1, -0.05) is 149 Å². The second-order valence-electron chi connectivity index (χ2n) is 10.8. The molecule has 1 rings (SSSR count). The Morgan fingerprint density at radius 2 is 1.00 bits per heavy atom. The van der Waals surface area contributed by atoms with E-state index in [1.807, 2.05) is 6.92 Å². The Labute approximate surface area is 223 Å². The molecule has 0 aromatic carbocycles. The minimum atomic E-state index is -0.287. The monoisotopic (exact) mass is 506 g/mol. The van der Waals surface area contributed by atoms with Crippen LogP contribution in [0.2, 0.25) is 0 Å². The highest BCUT2D eigenvalue weighted by Gasteiger charge is 2.19. The summed E-state index contributed by atoms with van der Waals surface area (Å²) in [6.45, 7) is 5.89. The fraction of sp³-hybridized carbons (Fsp3) is 0.844. The van der Waals surface area contributed by atoms with Crippen LogP contribution in [0.3, 0.4) is 0 Å². The Kier molecular flexibility index (Phi) is 20.6. The molecule has 0 aliphatic heterocycles. The quantitative estimate of drug-likeness (QED) is 0.106. The highest BCUT2D eigenvalue weighted by molar-refractivity contribution is 5.73. The first-order valence-electron chi connectivity index (χ1n) is 15.6. The molecule has 210 valence electrons. The summed E-state index contributed by atoms with van der Waals surface area (Å²) in [5, 5.41) is 10.0. The van der Waals surface area contributed by atoms with Crippen molar-refractivity contribution in [3.05, 3.63) is 11.5 Å². The fourth-order valence-electron chi connectivity index (χ4n) is 4.98. The molecule has 0 aliphatic carbocycles. The highest BCUT2D eigenvalue weighted by Crippen LogP contribution is 2.37. The summed E-state index contributed by atoms with van der Waals surface area (Å²) in [5.74, 6) is 0.810. The van der Waals surface area contributed by atoms with E-state index in [-0.39, 0.29) is 17.5 Å². The first kappa shape index (κ1) is 32.6. The predicted octanol–water partition coefficient (Wildman–Crippen LogP) is 10.8. The van der Waals surface area contributed by atoms with Crippen LogP contribution in [0.1, 0.15) is 173 Å². The molecule has 0 unspecified atom stereocenters. The molecule has 4 heteroatoms. The van der Waals surface area contributed by atoms with Crippen molar-refractivity contribution < 1.29 is 19.1 Å². The van der Waals surface area contributed by atoms with Crippen LogP contribution in [-0.4, -0.2) is 11.1 Å². The van der Waals surface area contributed by atoms with E-state index in [0.717, 1.165) is 12.8 Å². The Hall–Kier alpha value is -1.45. The molecule has 0 saturated carbocycles. The Morgan fingerprint density at radius 1 is 0.639 bits per heavy atom. The van der Waals surface area contributed by atoms with Crippen molar-refractivity contribution in [1.82, 2.24) is 0 Å². The zero-order chi connectivity index (χ0) is 26.3. The van der Waals surface area contributed by atoms with Gasteiger partial charge in [0.1, 0.15) is 11.5 Å². The predicted molar refractivity (Wildman–Crippen MR) is 152 cm³/mol. The van der Waals surface area contributed by atoms with Crippen LogP contribution in [0.15, 0.2) is 4.42 Å². The van der Waals surface area contributed by atoms with Crippen molar-refractivity contribution in [2.75, 3.05) is 0 Å². The van der Waals surface area contributed by atoms with Crippen LogP contribution in [-0.2, 0) is 11.2 Å². The maximum atomic E-state index is 12.0. The summed E-state index contributed by atoms with van der Waals surface area (Å²) in [5.41, 5.74) is 0. The molecule has 0 bridgehead atoms. The normalized spacial score (nSPS) is 11.3. The van der Waals surface area contributed by atoms with Crippen LogP contribution < -0.4 is 4.74 Å². The summed E-state index contributed by atoms with van der Waals surface area (Å²) < 4.78 is 10.7. The smallest absolute Gasteiger partial charge is 0.311 e. The molecule has 4 nitrogen and oxygen atoms in total. The van der Waals surface area contributed by atoms with Crippen LogP contribution >= 0.6 is 0 Å². The third-order valence-corrected chi connectivity index (χ3v) is 7.35. The number of ether oxygens (including phenoxy) is 1. The third kappa shape index (κ3) is 16.3. The van der Waals surface area contributed by atoms with Gasteiger partial charge < -0.3 is 14.3 Å². The van der Waals surface area contributed by atoms with E-state index < -0.39 is 0 Å². The maximum absolute atomic E-state index is 12.0. The van der Waals surface area contributed by atoms with Crippen molar-refractivity contribution in [2.45, 2.75) is 175 Å². The molecule has 0 radical (unpaired) electrons. The number of carbonyl (C=O) groups is 1. The zero-order valence-corrected chi connectivity index (χ0v) is 24.1. The van der Waals surface area contributed by atoms with Gasteiger partial charge in [-0.3, -0.25) is 4.79 Å². The molecule has 0 saturated heterocycles. The van der Waals surface area contributed by atoms with Gasteiger partial charge in [-0.2, -0.15) is 0 Å². The molecule has 0 fully saturated rings. The lowest BCUT2D eigenvalue weighted by Gasteiger charge is -2.05. The van der Waals surface area contributed by atoms with Gasteiger partial charge in [-0.15, -0.1) is 0 Å². The summed E-state index contributed by atoms with van der Waals surface area (Å²) >= 11 is 0. The van der Waals surface area contributed by atoms with E-state index in [1.54, 1.807) is 6.92 Å². The second kappa shape index (κ2) is 22.7. The van der Waals surface area contributed by atoms with Gasteiger partial charge in [0.15, 0.2) is 0 Å². The zero-order valence-electron chi connectivity index (χ0n) is 24.1. The van der Waals surface area contributed by atoms with Crippen molar-refractivity contribution in [1.29, 1.82) is 0 Å². The molecule has 1 aromatic rings. The highest BCUT2D eigenvalue weighted by atomic mass is 16.6. The lowest BCUT2D eigenvalue weighted by atomic mass is 10.0. The molecule has 1 N–H and O–H groups in total. The van der Waals surface area contributed by atoms with Gasteiger partial charge in [-0.05, 0) is 13.3 Å². The number of esters is 1. The number of hydrogen-bond donors (Lipinski definition) is 1. The average Bonchev–Trinajstić information content (AvgIpc) is 3.14. The number of carbonyl (C=O) groups excluding carboxylic acids is 1. The average molecular weight is 507 g/mol. The Balaban J connectivity index is 1.79. The minimum Gasteiger partial charge on any atom is -0.502 e. The van der Waals surface area contributed by atoms with Gasteiger partial charge in [0.05, 0.1) is 0 Å². The third-order valence-electron chi connectivity index (χ3n) is 7.35.